The van der Waals surface area contributed by atoms with E-state index < -0.39 is 11.9 Å². The summed E-state index contributed by atoms with van der Waals surface area (Å²) >= 11 is 0. The first-order valence-corrected chi connectivity index (χ1v) is 25.7. The third kappa shape index (κ3) is 9.32. The van der Waals surface area contributed by atoms with Crippen LogP contribution >= 0.6 is 0 Å². The van der Waals surface area contributed by atoms with Crippen LogP contribution in [0.4, 0.5) is 16.3 Å². The van der Waals surface area contributed by atoms with Gasteiger partial charge in [0, 0.05) is 101 Å². The standard InChI is InChI=1S/C53H65N11O6/c54-49(66)47-48(37-6-9-42(10-7-37)70-41-4-2-1-3-5-41)57-64-44(14-21-55-50(47)64)36-17-22-58(23-18-36)33-35-15-24-61(25-16-35)53(69)62-30-28-60(29-31-62)39-19-26-59(27-20-39)40-8-11-43-38(32-40)34-63(52(43)68)45-12-13-46(65)56-51(45)67/h1-11,32,35-36,39,44-45,55H,12-31,33-34H2,(H2,54,66)(H,56,65,67). The zero-order valence-electron chi connectivity index (χ0n) is 40.0. The largest absolute Gasteiger partial charge is 0.457 e. The number of urea groups is 1. The maximum Gasteiger partial charge on any atom is 0.320 e. The molecule has 17 heteroatoms. The number of benzene rings is 3. The Morgan fingerprint density at radius 2 is 1.46 bits per heavy atom. The molecule has 5 fully saturated rings. The van der Waals surface area contributed by atoms with Crippen molar-refractivity contribution in [1.29, 1.82) is 0 Å². The maximum atomic E-state index is 13.8. The number of nitrogens with one attached hydrogen (secondary N) is 2. The van der Waals surface area contributed by atoms with Gasteiger partial charge in [-0.15, -0.1) is 0 Å². The lowest BCUT2D eigenvalue weighted by atomic mass is 9.86. The molecule has 1 aromatic heterocycles. The fourth-order valence-electron chi connectivity index (χ4n) is 12.4. The van der Waals surface area contributed by atoms with E-state index in [1.807, 2.05) is 66.7 Å². The van der Waals surface area contributed by atoms with Crippen LogP contribution in [0.3, 0.4) is 0 Å². The number of imide groups is 1. The van der Waals surface area contributed by atoms with Crippen molar-refractivity contribution in [2.45, 2.75) is 82.5 Å². The fraction of sp³-hybridized carbons (Fsp3) is 0.509. The third-order valence-corrected chi connectivity index (χ3v) is 16.3. The highest BCUT2D eigenvalue weighted by molar-refractivity contribution is 6.06. The van der Waals surface area contributed by atoms with Gasteiger partial charge in [-0.1, -0.05) is 18.2 Å². The second kappa shape index (κ2) is 19.7. The number of amides is 6. The van der Waals surface area contributed by atoms with Crippen LogP contribution in [0.2, 0.25) is 0 Å². The zero-order chi connectivity index (χ0) is 47.9. The van der Waals surface area contributed by atoms with E-state index in [1.54, 1.807) is 4.90 Å². The van der Waals surface area contributed by atoms with Crippen LogP contribution in [0.5, 0.6) is 11.5 Å². The minimum Gasteiger partial charge on any atom is -0.457 e. The topological polar surface area (TPSA) is 182 Å². The Morgan fingerprint density at radius 3 is 2.17 bits per heavy atom. The number of likely N-dealkylation sites (tertiary alicyclic amines) is 2. The van der Waals surface area contributed by atoms with Crippen LogP contribution in [-0.4, -0.2) is 155 Å². The molecule has 6 amide bonds. The van der Waals surface area contributed by atoms with Gasteiger partial charge in [0.05, 0.1) is 6.04 Å². The van der Waals surface area contributed by atoms with E-state index >= 15 is 0 Å². The van der Waals surface area contributed by atoms with E-state index in [1.165, 1.54) is 0 Å². The van der Waals surface area contributed by atoms with E-state index in [0.717, 1.165) is 152 Å². The van der Waals surface area contributed by atoms with E-state index in [0.29, 0.717) is 53.4 Å². The molecule has 8 heterocycles. The van der Waals surface area contributed by atoms with Gasteiger partial charge in [-0.2, -0.15) is 5.10 Å². The van der Waals surface area contributed by atoms with Crippen molar-refractivity contribution in [3.8, 4) is 22.8 Å². The average molecular weight is 952 g/mol. The van der Waals surface area contributed by atoms with E-state index in [9.17, 15) is 24.0 Å². The smallest absolute Gasteiger partial charge is 0.320 e. The minimum atomic E-state index is -0.609. The maximum absolute atomic E-state index is 13.8. The highest BCUT2D eigenvalue weighted by Gasteiger charge is 2.41. The number of carbonyl (C=O) groups excluding carboxylic acids is 5. The molecule has 7 aliphatic rings. The molecule has 70 heavy (non-hydrogen) atoms. The van der Waals surface area contributed by atoms with Gasteiger partial charge in [-0.05, 0) is 136 Å². The van der Waals surface area contributed by atoms with Gasteiger partial charge in [0.25, 0.3) is 11.8 Å². The van der Waals surface area contributed by atoms with Crippen molar-refractivity contribution in [3.05, 3.63) is 89.5 Å². The Morgan fingerprint density at radius 1 is 0.743 bits per heavy atom. The molecule has 7 aliphatic heterocycles. The van der Waals surface area contributed by atoms with Gasteiger partial charge in [-0.25, -0.2) is 9.48 Å². The number of hydrogen-bond donors (Lipinski definition) is 3. The summed E-state index contributed by atoms with van der Waals surface area (Å²) in [6, 6.07) is 23.6. The van der Waals surface area contributed by atoms with Crippen LogP contribution in [-0.2, 0) is 16.1 Å². The normalized spacial score (nSPS) is 23.2. The van der Waals surface area contributed by atoms with Crippen LogP contribution in [0.15, 0.2) is 72.8 Å². The summed E-state index contributed by atoms with van der Waals surface area (Å²) in [4.78, 5) is 77.5. The lowest BCUT2D eigenvalue weighted by molar-refractivity contribution is -0.136. The molecule has 0 aliphatic carbocycles. The summed E-state index contributed by atoms with van der Waals surface area (Å²) in [5.41, 5.74) is 10.6. The molecule has 0 radical (unpaired) electrons. The number of para-hydroxylation sites is 1. The lowest BCUT2D eigenvalue weighted by Gasteiger charge is -2.45. The lowest BCUT2D eigenvalue weighted by Crippen LogP contribution is -2.57. The summed E-state index contributed by atoms with van der Waals surface area (Å²) < 4.78 is 8.05. The number of nitrogens with zero attached hydrogens (tertiary/aromatic N) is 8. The quantitative estimate of drug-likeness (QED) is 0.174. The van der Waals surface area contributed by atoms with Crippen LogP contribution in [0.25, 0.3) is 11.3 Å². The zero-order valence-corrected chi connectivity index (χ0v) is 40.0. The number of hydrogen-bond acceptors (Lipinski definition) is 11. The third-order valence-electron chi connectivity index (χ3n) is 16.3. The Balaban J connectivity index is 0.609. The average Bonchev–Trinajstić information content (AvgIpc) is 3.95. The number of fused-ring (bicyclic) bond motifs is 2. The summed E-state index contributed by atoms with van der Waals surface area (Å²) in [5.74, 6) is 1.93. The Hall–Kier alpha value is -6.46. The Bertz CT molecular complexity index is 2590. The van der Waals surface area contributed by atoms with Gasteiger partial charge < -0.3 is 40.3 Å². The molecule has 2 unspecified atom stereocenters. The molecule has 4 N–H and O–H groups in total. The summed E-state index contributed by atoms with van der Waals surface area (Å²) in [6.07, 6.45) is 7.86. The second-order valence-corrected chi connectivity index (χ2v) is 20.4. The number of piperidine rings is 4. The highest BCUT2D eigenvalue weighted by atomic mass is 16.5. The van der Waals surface area contributed by atoms with Crippen molar-refractivity contribution in [1.82, 2.24) is 39.6 Å². The molecule has 17 nitrogen and oxygen atoms in total. The van der Waals surface area contributed by atoms with Crippen molar-refractivity contribution < 1.29 is 28.7 Å². The van der Waals surface area contributed by atoms with Crippen molar-refractivity contribution >= 4 is 41.2 Å². The number of anilines is 2. The predicted octanol–water partition coefficient (Wildman–Crippen LogP) is 5.39. The van der Waals surface area contributed by atoms with Gasteiger partial charge in [0.15, 0.2) is 0 Å². The van der Waals surface area contributed by atoms with Crippen LogP contribution in [0.1, 0.15) is 90.1 Å². The molecule has 2 atom stereocenters. The molecule has 11 rings (SSSR count). The number of carbonyl (C=O) groups is 5. The number of nitrogens with two attached hydrogens (primary N) is 1. The van der Waals surface area contributed by atoms with Crippen LogP contribution in [0, 0.1) is 11.8 Å². The fourth-order valence-corrected chi connectivity index (χ4v) is 12.4. The minimum absolute atomic E-state index is 0.141. The van der Waals surface area contributed by atoms with Gasteiger partial charge in [0.1, 0.15) is 34.6 Å². The second-order valence-electron chi connectivity index (χ2n) is 20.4. The molecule has 4 aromatic rings. The molecule has 5 saturated heterocycles. The molecule has 0 bridgehead atoms. The van der Waals surface area contributed by atoms with Crippen LogP contribution < -0.4 is 26.0 Å². The number of aromatic nitrogens is 2. The monoisotopic (exact) mass is 952 g/mol. The molecular weight excluding hydrogens is 887 g/mol. The number of piperazine rings is 1. The Kier molecular flexibility index (Phi) is 13.0. The Labute approximate surface area is 409 Å². The first-order valence-electron chi connectivity index (χ1n) is 25.7. The number of ether oxygens (including phenoxy) is 1. The van der Waals surface area contributed by atoms with Gasteiger partial charge in [-0.3, -0.25) is 29.4 Å². The van der Waals surface area contributed by atoms with Crippen molar-refractivity contribution in [2.24, 2.45) is 17.6 Å². The number of rotatable bonds is 10. The summed E-state index contributed by atoms with van der Waals surface area (Å²) in [6.45, 7) is 11.1. The van der Waals surface area contributed by atoms with Crippen molar-refractivity contribution in [2.75, 3.05) is 88.8 Å². The summed E-state index contributed by atoms with van der Waals surface area (Å²) in [5, 5.41) is 10.9. The molecule has 0 saturated carbocycles. The first kappa shape index (κ1) is 46.0. The molecule has 368 valence electrons. The van der Waals surface area contributed by atoms with E-state index in [4.69, 9.17) is 15.6 Å². The van der Waals surface area contributed by atoms with Crippen molar-refractivity contribution in [3.63, 3.8) is 0 Å². The number of primary amides is 1. The van der Waals surface area contributed by atoms with E-state index in [2.05, 4.69) is 45.9 Å². The summed E-state index contributed by atoms with van der Waals surface area (Å²) in [7, 11) is 0. The SMILES string of the molecule is NC(=O)c1c(-c2ccc(Oc3ccccc3)cc2)nn2c1NCCC2C1CCN(CC2CCN(C(=O)N3CCN(C4CCN(c5ccc6c(c5)CN(C5CCC(=O)NC5=O)C6=O)CC4)CC3)CC2)CC1. The van der Waals surface area contributed by atoms with Gasteiger partial charge in [0.2, 0.25) is 11.8 Å². The van der Waals surface area contributed by atoms with Gasteiger partial charge >= 0.3 is 6.03 Å². The first-order chi connectivity index (χ1) is 34.1. The molecular formula is C53H65N11O6. The van der Waals surface area contributed by atoms with E-state index in [-0.39, 0.29) is 36.2 Å². The predicted molar refractivity (Wildman–Crippen MR) is 265 cm³/mol. The molecule has 3 aromatic carbocycles. The molecule has 0 spiro atoms. The highest BCUT2D eigenvalue weighted by Crippen LogP contribution is 2.41.